The number of carbonyl (C=O) groups is 1. The molecule has 0 aromatic carbocycles. The van der Waals surface area contributed by atoms with Gasteiger partial charge in [0.2, 0.25) is 5.91 Å². The number of nitriles is 1. The van der Waals surface area contributed by atoms with Crippen LogP contribution in [0.2, 0.25) is 0 Å². The molecule has 92 valence electrons. The standard InChI is InChI=1S/C12H18N4O/c1-12(2,9-13)11(17)15-5-3-4-7-16-8-6-14-10-16/h6,8,10H,3-5,7H2,1-2H3,(H,15,17). The van der Waals surface area contributed by atoms with Crippen molar-refractivity contribution in [2.24, 2.45) is 5.41 Å². The molecule has 17 heavy (non-hydrogen) atoms. The van der Waals surface area contributed by atoms with Crippen molar-refractivity contribution >= 4 is 5.91 Å². The Bertz CT molecular complexity index is 389. The van der Waals surface area contributed by atoms with Crippen LogP contribution in [0.1, 0.15) is 26.7 Å². The number of rotatable bonds is 6. The summed E-state index contributed by atoms with van der Waals surface area (Å²) in [5.74, 6) is -0.206. The number of unbranched alkanes of at least 4 members (excludes halogenated alkanes) is 1. The van der Waals surface area contributed by atoms with Gasteiger partial charge in [0.05, 0.1) is 12.4 Å². The minimum absolute atomic E-state index is 0.206. The summed E-state index contributed by atoms with van der Waals surface area (Å²) in [7, 11) is 0. The number of carbonyl (C=O) groups excluding carboxylic acids is 1. The largest absolute Gasteiger partial charge is 0.355 e. The van der Waals surface area contributed by atoms with Crippen LogP contribution < -0.4 is 5.32 Å². The third-order valence-electron chi connectivity index (χ3n) is 2.54. The first-order valence-corrected chi connectivity index (χ1v) is 5.71. The molecule has 1 N–H and O–H groups in total. The monoisotopic (exact) mass is 234 g/mol. The lowest BCUT2D eigenvalue weighted by Gasteiger charge is -2.14. The van der Waals surface area contributed by atoms with Gasteiger partial charge in [0, 0.05) is 25.5 Å². The molecule has 0 saturated heterocycles. The number of imidazole rings is 1. The molecule has 1 aromatic heterocycles. The van der Waals surface area contributed by atoms with Crippen LogP contribution in [-0.4, -0.2) is 22.0 Å². The molecule has 1 aromatic rings. The van der Waals surface area contributed by atoms with E-state index in [-0.39, 0.29) is 5.91 Å². The van der Waals surface area contributed by atoms with Crippen molar-refractivity contribution < 1.29 is 4.79 Å². The maximum absolute atomic E-state index is 11.5. The maximum Gasteiger partial charge on any atom is 0.239 e. The Morgan fingerprint density at radius 3 is 2.88 bits per heavy atom. The first-order chi connectivity index (χ1) is 8.06. The zero-order valence-corrected chi connectivity index (χ0v) is 10.3. The molecule has 0 fully saturated rings. The number of nitrogens with zero attached hydrogens (tertiary/aromatic N) is 3. The topological polar surface area (TPSA) is 70.7 Å². The van der Waals surface area contributed by atoms with Crippen LogP contribution in [0.25, 0.3) is 0 Å². The van der Waals surface area contributed by atoms with E-state index < -0.39 is 5.41 Å². The molecule has 1 amide bonds. The van der Waals surface area contributed by atoms with Crippen LogP contribution in [-0.2, 0) is 11.3 Å². The lowest BCUT2D eigenvalue weighted by molar-refractivity contribution is -0.126. The molecule has 0 spiro atoms. The van der Waals surface area contributed by atoms with Gasteiger partial charge in [0.1, 0.15) is 5.41 Å². The second-order valence-corrected chi connectivity index (χ2v) is 4.50. The number of amides is 1. The SMILES string of the molecule is CC(C)(C#N)C(=O)NCCCCn1ccnc1. The molecule has 5 nitrogen and oxygen atoms in total. The Balaban J connectivity index is 2.13. The Morgan fingerprint density at radius 1 is 1.53 bits per heavy atom. The van der Waals surface area contributed by atoms with Gasteiger partial charge in [0.25, 0.3) is 0 Å². The zero-order chi connectivity index (χ0) is 12.7. The van der Waals surface area contributed by atoms with Gasteiger partial charge in [-0.1, -0.05) is 0 Å². The van der Waals surface area contributed by atoms with E-state index in [0.717, 1.165) is 19.4 Å². The Labute approximate surface area is 101 Å². The van der Waals surface area contributed by atoms with Crippen molar-refractivity contribution in [3.05, 3.63) is 18.7 Å². The molecule has 0 aliphatic rings. The number of nitrogens with one attached hydrogen (secondary N) is 1. The van der Waals surface area contributed by atoms with E-state index in [1.165, 1.54) is 0 Å². The van der Waals surface area contributed by atoms with Crippen molar-refractivity contribution in [1.82, 2.24) is 14.9 Å². The predicted molar refractivity (Wildman–Crippen MR) is 63.9 cm³/mol. The summed E-state index contributed by atoms with van der Waals surface area (Å²) in [4.78, 5) is 15.5. The lowest BCUT2D eigenvalue weighted by atomic mass is 9.95. The highest BCUT2D eigenvalue weighted by Gasteiger charge is 2.26. The average Bonchev–Trinajstić information content (AvgIpc) is 2.81. The van der Waals surface area contributed by atoms with Gasteiger partial charge in [-0.05, 0) is 26.7 Å². The van der Waals surface area contributed by atoms with Gasteiger partial charge in [-0.25, -0.2) is 4.98 Å². The first kappa shape index (κ1) is 13.2. The highest BCUT2D eigenvalue weighted by atomic mass is 16.2. The third kappa shape index (κ3) is 4.27. The molecule has 0 aliphatic heterocycles. The van der Waals surface area contributed by atoms with Crippen molar-refractivity contribution in [2.45, 2.75) is 33.2 Å². The fourth-order valence-corrected chi connectivity index (χ4v) is 1.31. The van der Waals surface area contributed by atoms with Crippen LogP contribution in [0.5, 0.6) is 0 Å². The third-order valence-corrected chi connectivity index (χ3v) is 2.54. The van der Waals surface area contributed by atoms with Crippen molar-refractivity contribution in [3.63, 3.8) is 0 Å². The summed E-state index contributed by atoms with van der Waals surface area (Å²) in [5, 5.41) is 11.5. The van der Waals surface area contributed by atoms with Crippen LogP contribution in [0.3, 0.4) is 0 Å². The van der Waals surface area contributed by atoms with Gasteiger partial charge in [-0.2, -0.15) is 5.26 Å². The van der Waals surface area contributed by atoms with Crippen LogP contribution in [0.15, 0.2) is 18.7 Å². The van der Waals surface area contributed by atoms with Crippen molar-refractivity contribution in [1.29, 1.82) is 5.26 Å². The number of aryl methyl sites for hydroxylation is 1. The van der Waals surface area contributed by atoms with Crippen LogP contribution in [0, 0.1) is 16.7 Å². The van der Waals surface area contributed by atoms with E-state index in [2.05, 4.69) is 10.3 Å². The zero-order valence-electron chi connectivity index (χ0n) is 10.3. The average molecular weight is 234 g/mol. The van der Waals surface area contributed by atoms with E-state index in [1.807, 2.05) is 16.8 Å². The van der Waals surface area contributed by atoms with E-state index in [4.69, 9.17) is 5.26 Å². The summed E-state index contributed by atoms with van der Waals surface area (Å²) in [5.41, 5.74) is -0.940. The quantitative estimate of drug-likeness (QED) is 0.755. The fourth-order valence-electron chi connectivity index (χ4n) is 1.31. The Morgan fingerprint density at radius 2 is 2.29 bits per heavy atom. The van der Waals surface area contributed by atoms with Gasteiger partial charge in [-0.3, -0.25) is 4.79 Å². The number of hydrogen-bond donors (Lipinski definition) is 1. The summed E-state index contributed by atoms with van der Waals surface area (Å²) in [6, 6.07) is 1.98. The molecule has 0 aliphatic carbocycles. The van der Waals surface area contributed by atoms with E-state index in [9.17, 15) is 4.79 Å². The highest BCUT2D eigenvalue weighted by Crippen LogP contribution is 2.12. The summed E-state index contributed by atoms with van der Waals surface area (Å²) >= 11 is 0. The molecule has 0 atom stereocenters. The second-order valence-electron chi connectivity index (χ2n) is 4.50. The fraction of sp³-hybridized carbons (Fsp3) is 0.583. The maximum atomic E-state index is 11.5. The molecule has 1 rings (SSSR count). The molecule has 0 radical (unpaired) electrons. The normalized spacial score (nSPS) is 10.9. The summed E-state index contributed by atoms with van der Waals surface area (Å²) in [6.45, 7) is 4.75. The predicted octanol–water partition coefficient (Wildman–Crippen LogP) is 1.33. The minimum atomic E-state index is -0.940. The smallest absolute Gasteiger partial charge is 0.239 e. The van der Waals surface area contributed by atoms with Gasteiger partial charge in [0.15, 0.2) is 0 Å². The van der Waals surface area contributed by atoms with E-state index >= 15 is 0 Å². The molecule has 0 saturated carbocycles. The van der Waals surface area contributed by atoms with E-state index in [0.29, 0.717) is 6.54 Å². The molecule has 1 heterocycles. The summed E-state index contributed by atoms with van der Waals surface area (Å²) in [6.07, 6.45) is 7.31. The Kier molecular flexibility index (Phi) is 4.70. The number of aromatic nitrogens is 2. The van der Waals surface area contributed by atoms with Crippen molar-refractivity contribution in [3.8, 4) is 6.07 Å². The molecular weight excluding hydrogens is 216 g/mol. The van der Waals surface area contributed by atoms with Gasteiger partial charge in [-0.15, -0.1) is 0 Å². The second kappa shape index (κ2) is 6.04. The molecule has 0 bridgehead atoms. The van der Waals surface area contributed by atoms with Gasteiger partial charge >= 0.3 is 0 Å². The minimum Gasteiger partial charge on any atom is -0.355 e. The summed E-state index contributed by atoms with van der Waals surface area (Å²) < 4.78 is 2.00. The molecule has 5 heteroatoms. The van der Waals surface area contributed by atoms with Crippen molar-refractivity contribution in [2.75, 3.05) is 6.54 Å². The van der Waals surface area contributed by atoms with Crippen LogP contribution >= 0.6 is 0 Å². The van der Waals surface area contributed by atoms with E-state index in [1.54, 1.807) is 26.4 Å². The van der Waals surface area contributed by atoms with Gasteiger partial charge < -0.3 is 9.88 Å². The number of hydrogen-bond acceptors (Lipinski definition) is 3. The van der Waals surface area contributed by atoms with Crippen LogP contribution in [0.4, 0.5) is 0 Å². The molecular formula is C12H18N4O. The first-order valence-electron chi connectivity index (χ1n) is 5.71. The highest BCUT2D eigenvalue weighted by molar-refractivity contribution is 5.84. The lowest BCUT2D eigenvalue weighted by Crippen LogP contribution is -2.36. The molecule has 0 unspecified atom stereocenters. The Hall–Kier alpha value is -1.83.